The van der Waals surface area contributed by atoms with Crippen LogP contribution in [-0.4, -0.2) is 38.2 Å². The smallest absolute Gasteiger partial charge is 0.276 e. The van der Waals surface area contributed by atoms with Gasteiger partial charge in [0.15, 0.2) is 5.78 Å². The van der Waals surface area contributed by atoms with Gasteiger partial charge in [-0.05, 0) is 18.9 Å². The lowest BCUT2D eigenvalue weighted by Gasteiger charge is -2.30. The molecule has 0 saturated heterocycles. The lowest BCUT2D eigenvalue weighted by Crippen LogP contribution is -2.20. The molecule has 1 aromatic rings. The largest absolute Gasteiger partial charge is 0.289 e. The van der Waals surface area contributed by atoms with Crippen LogP contribution in [0.3, 0.4) is 0 Å². The fourth-order valence-electron chi connectivity index (χ4n) is 2.11. The normalized spacial score (nSPS) is 11.9. The molecule has 0 fully saturated rings. The third kappa shape index (κ3) is 6.35. The van der Waals surface area contributed by atoms with E-state index < -0.39 is 26.2 Å². The average Bonchev–Trinajstić information content (AvgIpc) is 2.53. The summed E-state index contributed by atoms with van der Waals surface area (Å²) in [5.74, 6) is -0.700. The fraction of sp³-hybridized carbons (Fsp3) is 0.353. The third-order valence-corrected chi connectivity index (χ3v) is 7.26. The summed E-state index contributed by atoms with van der Waals surface area (Å²) < 4.78 is 29.2. The van der Waals surface area contributed by atoms with Crippen molar-refractivity contribution in [1.82, 2.24) is 0 Å². The molecule has 0 N–H and O–H groups in total. The van der Waals surface area contributed by atoms with Crippen LogP contribution in [0.1, 0.15) is 23.7 Å². The molecule has 8 heteroatoms. The molecule has 134 valence electrons. The number of nitriles is 2. The highest BCUT2D eigenvalue weighted by atomic mass is 32.3. The molecule has 0 atom stereocenters. The summed E-state index contributed by atoms with van der Waals surface area (Å²) in [5, 5.41) is 18.3. The summed E-state index contributed by atoms with van der Waals surface area (Å²) in [4.78, 5) is 12.7. The molecule has 1 rings (SSSR count). The number of Topliss-reactive ketones (excluding diaryl/α,β-unsaturated/α-hetero) is 1. The van der Waals surface area contributed by atoms with Crippen LogP contribution in [0.4, 0.5) is 0 Å². The van der Waals surface area contributed by atoms with Crippen LogP contribution >= 0.6 is 10.3 Å². The highest BCUT2D eigenvalue weighted by Gasteiger charge is 2.28. The molecule has 0 aliphatic heterocycles. The van der Waals surface area contributed by atoms with Crippen molar-refractivity contribution < 1.29 is 16.8 Å². The molecule has 0 saturated carbocycles. The van der Waals surface area contributed by atoms with Gasteiger partial charge in [-0.3, -0.25) is 4.79 Å². The number of hydrogen-bond donors (Lipinski definition) is 0. The van der Waals surface area contributed by atoms with Gasteiger partial charge in [0.25, 0.3) is 10.1 Å². The predicted octanol–water partition coefficient (Wildman–Crippen LogP) is 2.95. The fourth-order valence-corrected chi connectivity index (χ4v) is 6.29. The van der Waals surface area contributed by atoms with Gasteiger partial charge >= 0.3 is 0 Å². The number of carbonyl (C=O) groups is 1. The second-order valence-electron chi connectivity index (χ2n) is 5.68. The van der Waals surface area contributed by atoms with E-state index in [4.69, 9.17) is 3.63 Å². The molecule has 1 aromatic carbocycles. The summed E-state index contributed by atoms with van der Waals surface area (Å²) in [6.07, 6.45) is 3.58. The van der Waals surface area contributed by atoms with Crippen LogP contribution in [0.25, 0.3) is 0 Å². The molecule has 0 heterocycles. The van der Waals surface area contributed by atoms with Crippen molar-refractivity contribution >= 4 is 26.2 Å². The lowest BCUT2D eigenvalue weighted by atomic mass is 10.0. The van der Waals surface area contributed by atoms with Gasteiger partial charge in [-0.15, -0.1) is 10.3 Å². The summed E-state index contributed by atoms with van der Waals surface area (Å²) in [6.45, 7) is 1.72. The maximum atomic E-state index is 12.7. The van der Waals surface area contributed by atoms with E-state index in [-0.39, 0.29) is 22.7 Å². The molecule has 0 radical (unpaired) electrons. The first-order chi connectivity index (χ1) is 11.7. The second kappa shape index (κ2) is 8.82. The first-order valence-corrected chi connectivity index (χ1v) is 11.6. The van der Waals surface area contributed by atoms with Crippen LogP contribution in [0.5, 0.6) is 0 Å². The van der Waals surface area contributed by atoms with Gasteiger partial charge in [0, 0.05) is 16.9 Å². The van der Waals surface area contributed by atoms with Gasteiger partial charge in [-0.25, -0.2) is 3.63 Å². The van der Waals surface area contributed by atoms with Gasteiger partial charge in [0.1, 0.15) is 17.7 Å². The number of benzene rings is 1. The maximum Gasteiger partial charge on any atom is 0.276 e. The predicted molar refractivity (Wildman–Crippen MR) is 98.5 cm³/mol. The minimum atomic E-state index is -3.73. The SMILES string of the molecule is CCCS(=O)(=O)OS(C)(C)CC(C(=O)c1ccccc1)=C(C#N)C#N. The van der Waals surface area contributed by atoms with Crippen LogP contribution in [-0.2, 0) is 13.7 Å². The number of rotatable bonds is 8. The van der Waals surface area contributed by atoms with Crippen molar-refractivity contribution in [1.29, 1.82) is 10.5 Å². The van der Waals surface area contributed by atoms with Gasteiger partial charge < -0.3 is 0 Å². The molecule has 0 aliphatic rings. The van der Waals surface area contributed by atoms with E-state index in [0.717, 1.165) is 0 Å². The molecule has 0 aromatic heterocycles. The molecular formula is C17H20N2O4S2. The van der Waals surface area contributed by atoms with Gasteiger partial charge in [-0.2, -0.15) is 18.9 Å². The number of allylic oxidation sites excluding steroid dienone is 1. The van der Waals surface area contributed by atoms with Crippen molar-refractivity contribution in [2.75, 3.05) is 24.0 Å². The number of ketones is 1. The molecular weight excluding hydrogens is 360 g/mol. The summed E-state index contributed by atoms with van der Waals surface area (Å²) in [7, 11) is -5.97. The Hall–Kier alpha value is -2.13. The van der Waals surface area contributed by atoms with Crippen molar-refractivity contribution in [2.45, 2.75) is 13.3 Å². The van der Waals surface area contributed by atoms with Crippen LogP contribution < -0.4 is 0 Å². The Kier molecular flexibility index (Phi) is 7.38. The van der Waals surface area contributed by atoms with E-state index in [2.05, 4.69) is 0 Å². The monoisotopic (exact) mass is 380 g/mol. The summed E-state index contributed by atoms with van der Waals surface area (Å²) in [6, 6.07) is 11.7. The van der Waals surface area contributed by atoms with Gasteiger partial charge in [0.05, 0.1) is 5.75 Å². The van der Waals surface area contributed by atoms with E-state index in [0.29, 0.717) is 12.0 Å². The molecule has 0 aliphatic carbocycles. The molecule has 0 unspecified atom stereocenters. The zero-order valence-corrected chi connectivity index (χ0v) is 16.0. The lowest BCUT2D eigenvalue weighted by molar-refractivity contribution is 0.103. The minimum absolute atomic E-state index is 0.0251. The first kappa shape index (κ1) is 20.9. The third-order valence-electron chi connectivity index (χ3n) is 3.07. The Morgan fingerprint density at radius 3 is 2.16 bits per heavy atom. The van der Waals surface area contributed by atoms with Crippen LogP contribution in [0.2, 0.25) is 0 Å². The van der Waals surface area contributed by atoms with E-state index in [1.807, 2.05) is 0 Å². The van der Waals surface area contributed by atoms with E-state index >= 15 is 0 Å². The van der Waals surface area contributed by atoms with Crippen molar-refractivity contribution in [3.63, 3.8) is 0 Å². The van der Waals surface area contributed by atoms with E-state index in [1.54, 1.807) is 61.9 Å². The van der Waals surface area contributed by atoms with Gasteiger partial charge in [-0.1, -0.05) is 37.3 Å². The standard InChI is InChI=1S/C17H20N2O4S2/c1-4-10-25(21,22)23-24(2,3)13-16(15(11-18)12-19)17(20)14-8-6-5-7-9-14/h5-9H,4,10,13H2,1-3H3. The summed E-state index contributed by atoms with van der Waals surface area (Å²) in [5.41, 5.74) is -0.0269. The summed E-state index contributed by atoms with van der Waals surface area (Å²) >= 11 is 0. The molecule has 0 amide bonds. The van der Waals surface area contributed by atoms with Crippen molar-refractivity contribution in [3.8, 4) is 12.1 Å². The van der Waals surface area contributed by atoms with E-state index in [9.17, 15) is 23.7 Å². The highest BCUT2D eigenvalue weighted by Crippen LogP contribution is 2.45. The minimum Gasteiger partial charge on any atom is -0.289 e. The maximum absolute atomic E-state index is 12.7. The Morgan fingerprint density at radius 2 is 1.68 bits per heavy atom. The van der Waals surface area contributed by atoms with Crippen LogP contribution in [0, 0.1) is 22.7 Å². The molecule has 0 bridgehead atoms. The molecule has 25 heavy (non-hydrogen) atoms. The highest BCUT2D eigenvalue weighted by molar-refractivity contribution is 8.32. The Bertz CT molecular complexity index is 829. The zero-order chi connectivity index (χ0) is 19.1. The van der Waals surface area contributed by atoms with E-state index in [1.165, 1.54) is 0 Å². The Labute approximate surface area is 150 Å². The number of nitrogens with zero attached hydrogens (tertiary/aromatic N) is 2. The van der Waals surface area contributed by atoms with Crippen molar-refractivity contribution in [2.24, 2.45) is 0 Å². The molecule has 0 spiro atoms. The second-order valence-corrected chi connectivity index (χ2v) is 10.9. The number of carbonyl (C=O) groups excluding carboxylic acids is 1. The number of hydrogen-bond acceptors (Lipinski definition) is 6. The van der Waals surface area contributed by atoms with Gasteiger partial charge in [0.2, 0.25) is 0 Å². The quantitative estimate of drug-likeness (QED) is 0.390. The first-order valence-electron chi connectivity index (χ1n) is 7.43. The topological polar surface area (TPSA) is 108 Å². The Morgan fingerprint density at radius 1 is 1.12 bits per heavy atom. The van der Waals surface area contributed by atoms with Crippen LogP contribution in [0.15, 0.2) is 41.5 Å². The molecule has 6 nitrogen and oxygen atoms in total. The zero-order valence-electron chi connectivity index (χ0n) is 14.4. The van der Waals surface area contributed by atoms with Crippen molar-refractivity contribution in [3.05, 3.63) is 47.0 Å². The Balaban J connectivity index is 3.25. The average molecular weight is 380 g/mol.